The van der Waals surface area contributed by atoms with Crippen molar-refractivity contribution in [3.05, 3.63) is 103 Å². The molecule has 0 radical (unpaired) electrons. The standard InChI is InChI=1S/C27H17N3Se/c1-3-9-18(10-4-1)20-15-16-24-26(21-13-7-8-14-23(21)31-24)25(20)22-17-28-30-29-27(22)19-11-5-2-6-12-19/h1-17H. The first kappa shape index (κ1) is 18.2. The van der Waals surface area contributed by atoms with Gasteiger partial charge >= 0.3 is 186 Å². The Morgan fingerprint density at radius 1 is 0.581 bits per heavy atom. The molecule has 0 saturated carbocycles. The molecule has 2 heterocycles. The first-order chi connectivity index (χ1) is 15.4. The van der Waals surface area contributed by atoms with E-state index in [0.29, 0.717) is 0 Å². The van der Waals surface area contributed by atoms with Gasteiger partial charge in [-0.05, 0) is 0 Å². The molecule has 146 valence electrons. The van der Waals surface area contributed by atoms with Crippen molar-refractivity contribution in [1.29, 1.82) is 0 Å². The van der Waals surface area contributed by atoms with Crippen LogP contribution in [0.4, 0.5) is 0 Å². The van der Waals surface area contributed by atoms with Crippen LogP contribution < -0.4 is 0 Å². The number of benzene rings is 4. The molecule has 0 bridgehead atoms. The second-order valence-electron chi connectivity index (χ2n) is 7.39. The molecule has 0 spiro atoms. The Kier molecular flexibility index (Phi) is 4.45. The third-order valence-corrected chi connectivity index (χ3v) is 7.97. The summed E-state index contributed by atoms with van der Waals surface area (Å²) in [6, 6.07) is 34.1. The Bertz CT molecular complexity index is 1520. The van der Waals surface area contributed by atoms with Gasteiger partial charge in [0.2, 0.25) is 0 Å². The fourth-order valence-corrected chi connectivity index (χ4v) is 6.55. The van der Waals surface area contributed by atoms with Crippen molar-refractivity contribution in [2.75, 3.05) is 0 Å². The molecule has 3 nitrogen and oxygen atoms in total. The maximum absolute atomic E-state index is 4.49. The molecule has 0 amide bonds. The molecule has 4 aromatic carbocycles. The fraction of sp³-hybridized carbons (Fsp3) is 0. The molecule has 0 atom stereocenters. The van der Waals surface area contributed by atoms with Crippen LogP contribution >= 0.6 is 0 Å². The molecule has 0 fully saturated rings. The van der Waals surface area contributed by atoms with E-state index >= 15 is 0 Å². The van der Waals surface area contributed by atoms with Gasteiger partial charge in [0.1, 0.15) is 0 Å². The summed E-state index contributed by atoms with van der Waals surface area (Å²) in [6.45, 7) is 0. The van der Waals surface area contributed by atoms with Crippen molar-refractivity contribution in [2.45, 2.75) is 0 Å². The van der Waals surface area contributed by atoms with E-state index in [0.717, 1.165) is 16.8 Å². The molecule has 0 aliphatic carbocycles. The first-order valence-corrected chi connectivity index (χ1v) is 11.9. The normalized spacial score (nSPS) is 11.2. The van der Waals surface area contributed by atoms with E-state index < -0.39 is 0 Å². The quantitative estimate of drug-likeness (QED) is 0.293. The van der Waals surface area contributed by atoms with E-state index in [9.17, 15) is 0 Å². The van der Waals surface area contributed by atoms with Crippen LogP contribution in [0.25, 0.3) is 52.8 Å². The van der Waals surface area contributed by atoms with E-state index in [-0.39, 0.29) is 14.5 Å². The van der Waals surface area contributed by atoms with Gasteiger partial charge in [0.25, 0.3) is 0 Å². The summed E-state index contributed by atoms with van der Waals surface area (Å²) in [7, 11) is 0. The number of rotatable bonds is 3. The summed E-state index contributed by atoms with van der Waals surface area (Å²) in [4.78, 5) is 0. The van der Waals surface area contributed by atoms with Gasteiger partial charge in [0.15, 0.2) is 0 Å². The van der Waals surface area contributed by atoms with Gasteiger partial charge in [-0.2, -0.15) is 0 Å². The Morgan fingerprint density at radius 2 is 1.29 bits per heavy atom. The summed E-state index contributed by atoms with van der Waals surface area (Å²) >= 11 is 0.288. The van der Waals surface area contributed by atoms with E-state index in [1.54, 1.807) is 0 Å². The summed E-state index contributed by atoms with van der Waals surface area (Å²) in [5.74, 6) is 0. The van der Waals surface area contributed by atoms with Gasteiger partial charge in [-0.1, -0.05) is 0 Å². The first-order valence-electron chi connectivity index (χ1n) is 10.1. The van der Waals surface area contributed by atoms with Gasteiger partial charge in [-0.25, -0.2) is 0 Å². The summed E-state index contributed by atoms with van der Waals surface area (Å²) in [6.07, 6.45) is 1.87. The molecule has 2 aromatic heterocycles. The molecule has 31 heavy (non-hydrogen) atoms. The summed E-state index contributed by atoms with van der Waals surface area (Å²) < 4.78 is 2.83. The van der Waals surface area contributed by atoms with Crippen molar-refractivity contribution in [1.82, 2.24) is 15.4 Å². The Balaban J connectivity index is 1.78. The molecule has 6 aromatic rings. The summed E-state index contributed by atoms with van der Waals surface area (Å²) in [5, 5.41) is 15.3. The zero-order valence-corrected chi connectivity index (χ0v) is 18.3. The van der Waals surface area contributed by atoms with Gasteiger partial charge in [0, 0.05) is 0 Å². The molecule has 4 heteroatoms. The van der Waals surface area contributed by atoms with Crippen LogP contribution in [-0.2, 0) is 0 Å². The Morgan fingerprint density at radius 3 is 2.10 bits per heavy atom. The predicted molar refractivity (Wildman–Crippen MR) is 128 cm³/mol. The molecular formula is C27H17N3Se. The van der Waals surface area contributed by atoms with Crippen LogP contribution in [0.3, 0.4) is 0 Å². The number of aromatic nitrogens is 3. The zero-order chi connectivity index (χ0) is 20.6. The van der Waals surface area contributed by atoms with Crippen LogP contribution in [-0.4, -0.2) is 29.9 Å². The molecule has 0 unspecified atom stereocenters. The molecule has 0 saturated heterocycles. The average Bonchev–Trinajstić information content (AvgIpc) is 3.23. The molecule has 6 rings (SSSR count). The van der Waals surface area contributed by atoms with Crippen LogP contribution in [0, 0.1) is 0 Å². The monoisotopic (exact) mass is 463 g/mol. The molecule has 0 aliphatic rings. The number of hydrogen-bond donors (Lipinski definition) is 0. The SMILES string of the molecule is c1ccc(-c2ccc3[se]c4ccccc4c3c2-c2cnnnc2-c2ccccc2)cc1. The second kappa shape index (κ2) is 7.59. The van der Waals surface area contributed by atoms with Crippen molar-refractivity contribution in [3.8, 4) is 33.5 Å². The third kappa shape index (κ3) is 3.09. The van der Waals surface area contributed by atoms with E-state index in [1.165, 1.54) is 36.0 Å². The van der Waals surface area contributed by atoms with Gasteiger partial charge in [0.05, 0.1) is 0 Å². The van der Waals surface area contributed by atoms with Crippen molar-refractivity contribution in [2.24, 2.45) is 0 Å². The second-order valence-corrected chi connectivity index (χ2v) is 9.66. The van der Waals surface area contributed by atoms with E-state index in [4.69, 9.17) is 0 Å². The Labute approximate surface area is 185 Å². The van der Waals surface area contributed by atoms with Gasteiger partial charge in [-0.15, -0.1) is 0 Å². The van der Waals surface area contributed by atoms with Crippen molar-refractivity contribution >= 4 is 33.8 Å². The number of hydrogen-bond acceptors (Lipinski definition) is 3. The minimum absolute atomic E-state index is 0.288. The Hall–Kier alpha value is -3.59. The van der Waals surface area contributed by atoms with Crippen LogP contribution in [0.1, 0.15) is 0 Å². The topological polar surface area (TPSA) is 38.7 Å². The van der Waals surface area contributed by atoms with Crippen molar-refractivity contribution in [3.63, 3.8) is 0 Å². The molecular weight excluding hydrogens is 445 g/mol. The number of nitrogens with zero attached hydrogens (tertiary/aromatic N) is 3. The van der Waals surface area contributed by atoms with Crippen LogP contribution in [0.5, 0.6) is 0 Å². The minimum atomic E-state index is 0.288. The summed E-state index contributed by atoms with van der Waals surface area (Å²) in [5.41, 5.74) is 6.49. The van der Waals surface area contributed by atoms with Crippen LogP contribution in [0.15, 0.2) is 103 Å². The zero-order valence-electron chi connectivity index (χ0n) is 16.6. The van der Waals surface area contributed by atoms with E-state index in [1.807, 2.05) is 24.4 Å². The predicted octanol–water partition coefficient (Wildman–Crippen LogP) is 6.24. The fourth-order valence-electron chi connectivity index (χ4n) is 4.22. The third-order valence-electron chi connectivity index (χ3n) is 5.58. The van der Waals surface area contributed by atoms with Gasteiger partial charge < -0.3 is 0 Å². The van der Waals surface area contributed by atoms with Crippen molar-refractivity contribution < 1.29 is 0 Å². The number of fused-ring (bicyclic) bond motifs is 3. The van der Waals surface area contributed by atoms with E-state index in [2.05, 4.69) is 94.3 Å². The van der Waals surface area contributed by atoms with Crippen LogP contribution in [0.2, 0.25) is 0 Å². The average molecular weight is 462 g/mol. The maximum atomic E-state index is 4.49. The molecule has 0 aliphatic heterocycles. The molecule has 0 N–H and O–H groups in total. The van der Waals surface area contributed by atoms with Gasteiger partial charge in [-0.3, -0.25) is 0 Å².